The molecule has 1 atom stereocenters. The van der Waals surface area contributed by atoms with Crippen LogP contribution in [0.25, 0.3) is 0 Å². The fourth-order valence-corrected chi connectivity index (χ4v) is 2.41. The molecule has 0 aromatic heterocycles. The molecule has 0 aliphatic carbocycles. The Bertz CT molecular complexity index is 636. The predicted octanol–water partition coefficient (Wildman–Crippen LogP) is 5.31. The molecule has 2 nitrogen and oxygen atoms in total. The first kappa shape index (κ1) is 16.3. The van der Waals surface area contributed by atoms with Crippen molar-refractivity contribution in [2.45, 2.75) is 25.8 Å². The minimum Gasteiger partial charge on any atom is -0.454 e. The lowest BCUT2D eigenvalue weighted by Crippen LogP contribution is -2.21. The fourth-order valence-electron chi connectivity index (χ4n) is 1.90. The third-order valence-corrected chi connectivity index (χ3v) is 3.96. The number of ether oxygens (including phenoxy) is 1. The molecule has 2 aromatic rings. The normalized spacial score (nSPS) is 12.2. The number of halogens is 3. The van der Waals surface area contributed by atoms with Gasteiger partial charge < -0.3 is 10.5 Å². The van der Waals surface area contributed by atoms with Crippen molar-refractivity contribution >= 4 is 27.5 Å². The summed E-state index contributed by atoms with van der Waals surface area (Å²) in [6.45, 7) is 2.03. The average molecular weight is 373 g/mol. The zero-order valence-corrected chi connectivity index (χ0v) is 13.9. The lowest BCUT2D eigenvalue weighted by atomic mass is 10.0. The van der Waals surface area contributed by atoms with Gasteiger partial charge in [-0.15, -0.1) is 0 Å². The van der Waals surface area contributed by atoms with Gasteiger partial charge >= 0.3 is 0 Å². The van der Waals surface area contributed by atoms with Crippen LogP contribution in [0.2, 0.25) is 5.02 Å². The van der Waals surface area contributed by atoms with Crippen molar-refractivity contribution in [3.8, 4) is 11.5 Å². The van der Waals surface area contributed by atoms with Crippen LogP contribution in [0, 0.1) is 5.82 Å². The maximum Gasteiger partial charge on any atom is 0.184 e. The van der Waals surface area contributed by atoms with Crippen LogP contribution in [-0.2, 0) is 6.42 Å². The van der Waals surface area contributed by atoms with Gasteiger partial charge in [0.2, 0.25) is 0 Å². The molecule has 0 radical (unpaired) electrons. The monoisotopic (exact) mass is 371 g/mol. The zero-order chi connectivity index (χ0) is 15.4. The molecule has 0 aliphatic rings. The Balaban J connectivity index is 2.34. The van der Waals surface area contributed by atoms with Gasteiger partial charge in [0.05, 0.1) is 5.02 Å². The predicted molar refractivity (Wildman–Crippen MR) is 87.6 cm³/mol. The van der Waals surface area contributed by atoms with Gasteiger partial charge in [0.15, 0.2) is 11.6 Å². The van der Waals surface area contributed by atoms with Crippen LogP contribution in [0.3, 0.4) is 0 Å². The van der Waals surface area contributed by atoms with Crippen LogP contribution in [0.4, 0.5) is 4.39 Å². The SMILES string of the molecule is CCC(N)Cc1ccc(Br)cc1Oc1cccc(Cl)c1F. The van der Waals surface area contributed by atoms with Crippen molar-refractivity contribution < 1.29 is 9.13 Å². The van der Waals surface area contributed by atoms with Gasteiger partial charge in [0.1, 0.15) is 5.75 Å². The molecule has 0 fully saturated rings. The van der Waals surface area contributed by atoms with Crippen molar-refractivity contribution in [3.63, 3.8) is 0 Å². The summed E-state index contributed by atoms with van der Waals surface area (Å²) >= 11 is 9.17. The van der Waals surface area contributed by atoms with Crippen LogP contribution < -0.4 is 10.5 Å². The summed E-state index contributed by atoms with van der Waals surface area (Å²) < 4.78 is 20.5. The molecule has 21 heavy (non-hydrogen) atoms. The summed E-state index contributed by atoms with van der Waals surface area (Å²) in [5.74, 6) is 0.117. The van der Waals surface area contributed by atoms with E-state index in [0.29, 0.717) is 12.2 Å². The summed E-state index contributed by atoms with van der Waals surface area (Å²) in [4.78, 5) is 0. The second kappa shape index (κ2) is 7.25. The Hall–Kier alpha value is -1.10. The molecule has 2 rings (SSSR count). The molecule has 1 unspecified atom stereocenters. The van der Waals surface area contributed by atoms with Gasteiger partial charge in [-0.2, -0.15) is 0 Å². The molecule has 2 N–H and O–H groups in total. The first-order valence-electron chi connectivity index (χ1n) is 6.67. The molecular weight excluding hydrogens is 357 g/mol. The van der Waals surface area contributed by atoms with Crippen LogP contribution in [-0.4, -0.2) is 6.04 Å². The summed E-state index contributed by atoms with van der Waals surface area (Å²) in [6, 6.07) is 10.4. The van der Waals surface area contributed by atoms with Crippen molar-refractivity contribution in [1.29, 1.82) is 0 Å². The third-order valence-electron chi connectivity index (χ3n) is 3.17. The molecule has 112 valence electrons. The van der Waals surface area contributed by atoms with E-state index < -0.39 is 5.82 Å². The van der Waals surface area contributed by atoms with Gasteiger partial charge in [-0.1, -0.05) is 46.6 Å². The molecular formula is C16H16BrClFNO. The van der Waals surface area contributed by atoms with E-state index in [1.807, 2.05) is 19.1 Å². The smallest absolute Gasteiger partial charge is 0.184 e. The van der Waals surface area contributed by atoms with E-state index in [1.165, 1.54) is 6.07 Å². The zero-order valence-electron chi connectivity index (χ0n) is 11.6. The van der Waals surface area contributed by atoms with Gasteiger partial charge in [-0.3, -0.25) is 0 Å². The molecule has 0 spiro atoms. The van der Waals surface area contributed by atoms with E-state index in [2.05, 4.69) is 15.9 Å². The van der Waals surface area contributed by atoms with E-state index in [0.717, 1.165) is 16.5 Å². The number of hydrogen-bond acceptors (Lipinski definition) is 2. The summed E-state index contributed by atoms with van der Waals surface area (Å²) in [6.07, 6.45) is 1.53. The molecule has 0 saturated carbocycles. The van der Waals surface area contributed by atoms with Gasteiger partial charge in [0.25, 0.3) is 0 Å². The van der Waals surface area contributed by atoms with Gasteiger partial charge in [0, 0.05) is 10.5 Å². The molecule has 5 heteroatoms. The molecule has 0 saturated heterocycles. The van der Waals surface area contributed by atoms with Gasteiger partial charge in [-0.05, 0) is 42.7 Å². The topological polar surface area (TPSA) is 35.2 Å². The molecule has 0 bridgehead atoms. The maximum atomic E-state index is 14.0. The maximum absolute atomic E-state index is 14.0. The first-order chi connectivity index (χ1) is 10.0. The Labute approximate surface area is 137 Å². The molecule has 0 heterocycles. The highest BCUT2D eigenvalue weighted by Gasteiger charge is 2.13. The fraction of sp³-hybridized carbons (Fsp3) is 0.250. The number of rotatable bonds is 5. The molecule has 0 aliphatic heterocycles. The number of benzene rings is 2. The Kier molecular flexibility index (Phi) is 5.62. The second-order valence-electron chi connectivity index (χ2n) is 4.78. The Morgan fingerprint density at radius 2 is 2.05 bits per heavy atom. The highest BCUT2D eigenvalue weighted by Crippen LogP contribution is 2.33. The van der Waals surface area contributed by atoms with Crippen molar-refractivity contribution in [1.82, 2.24) is 0 Å². The van der Waals surface area contributed by atoms with Crippen LogP contribution in [0.15, 0.2) is 40.9 Å². The second-order valence-corrected chi connectivity index (χ2v) is 6.10. The van der Waals surface area contributed by atoms with E-state index in [-0.39, 0.29) is 16.8 Å². The lowest BCUT2D eigenvalue weighted by Gasteiger charge is -2.15. The average Bonchev–Trinajstić information content (AvgIpc) is 2.46. The lowest BCUT2D eigenvalue weighted by molar-refractivity contribution is 0.435. The first-order valence-corrected chi connectivity index (χ1v) is 7.84. The Morgan fingerprint density at radius 3 is 2.76 bits per heavy atom. The number of nitrogens with two attached hydrogens (primary N) is 1. The van der Waals surface area contributed by atoms with E-state index in [1.54, 1.807) is 18.2 Å². The largest absolute Gasteiger partial charge is 0.454 e. The molecule has 2 aromatic carbocycles. The van der Waals surface area contributed by atoms with E-state index >= 15 is 0 Å². The Morgan fingerprint density at radius 1 is 1.29 bits per heavy atom. The third kappa shape index (κ3) is 4.19. The summed E-state index contributed by atoms with van der Waals surface area (Å²) in [5.41, 5.74) is 6.93. The molecule has 0 amide bonds. The highest BCUT2D eigenvalue weighted by molar-refractivity contribution is 9.10. The minimum absolute atomic E-state index is 0.0364. The number of hydrogen-bond donors (Lipinski definition) is 1. The van der Waals surface area contributed by atoms with Crippen LogP contribution in [0.1, 0.15) is 18.9 Å². The van der Waals surface area contributed by atoms with Crippen molar-refractivity contribution in [3.05, 3.63) is 57.3 Å². The van der Waals surface area contributed by atoms with Crippen LogP contribution >= 0.6 is 27.5 Å². The minimum atomic E-state index is -0.565. The highest BCUT2D eigenvalue weighted by atomic mass is 79.9. The summed E-state index contributed by atoms with van der Waals surface area (Å²) in [5, 5.41) is 0.0364. The van der Waals surface area contributed by atoms with Crippen molar-refractivity contribution in [2.24, 2.45) is 5.73 Å². The quantitative estimate of drug-likeness (QED) is 0.771. The van der Waals surface area contributed by atoms with Crippen molar-refractivity contribution in [2.75, 3.05) is 0 Å². The summed E-state index contributed by atoms with van der Waals surface area (Å²) in [7, 11) is 0. The standard InChI is InChI=1S/C16H16BrClFNO/c1-2-12(20)8-10-6-7-11(17)9-15(10)21-14-5-3-4-13(18)16(14)19/h3-7,9,12H,2,8,20H2,1H3. The van der Waals surface area contributed by atoms with E-state index in [4.69, 9.17) is 22.1 Å². The van der Waals surface area contributed by atoms with Crippen LogP contribution in [0.5, 0.6) is 11.5 Å². The van der Waals surface area contributed by atoms with Gasteiger partial charge in [-0.25, -0.2) is 4.39 Å². The van der Waals surface area contributed by atoms with E-state index in [9.17, 15) is 4.39 Å².